The topological polar surface area (TPSA) is 0 Å². The highest BCUT2D eigenvalue weighted by molar-refractivity contribution is 5.78. The third-order valence-electron chi connectivity index (χ3n) is 3.35. The van der Waals surface area contributed by atoms with Crippen LogP contribution in [0.5, 0.6) is 0 Å². The van der Waals surface area contributed by atoms with Crippen molar-refractivity contribution >= 4 is 11.6 Å². The Kier molecular flexibility index (Phi) is 2.64. The number of hydrogen-bond donors (Lipinski definition) is 0. The summed E-state index contributed by atoms with van der Waals surface area (Å²) in [5.74, 6) is 0. The Hall–Kier alpha value is -2.08. The molecule has 0 spiro atoms. The molecule has 0 saturated carbocycles. The standard InChI is InChI=1S/C18H16/c1-13-4-3-5-15(10-13)7-6-14(2)16-8-9-17-12-18(17)11-16/h3-11H,2,12H2,1H3/b7-6+. The van der Waals surface area contributed by atoms with Crippen LogP contribution >= 0.6 is 0 Å². The average molecular weight is 232 g/mol. The zero-order chi connectivity index (χ0) is 12.5. The summed E-state index contributed by atoms with van der Waals surface area (Å²) in [5, 5.41) is 0. The lowest BCUT2D eigenvalue weighted by molar-refractivity contribution is 1.46. The van der Waals surface area contributed by atoms with Gasteiger partial charge in [-0.2, -0.15) is 0 Å². The maximum Gasteiger partial charge on any atom is -0.00198 e. The molecule has 2 aromatic carbocycles. The minimum absolute atomic E-state index is 1.08. The van der Waals surface area contributed by atoms with Gasteiger partial charge in [0.15, 0.2) is 0 Å². The third kappa shape index (κ3) is 2.28. The highest BCUT2D eigenvalue weighted by Crippen LogP contribution is 2.30. The van der Waals surface area contributed by atoms with E-state index in [9.17, 15) is 0 Å². The number of allylic oxidation sites excluding steroid dienone is 2. The van der Waals surface area contributed by atoms with Crippen LogP contribution in [0.1, 0.15) is 27.8 Å². The van der Waals surface area contributed by atoms with Crippen molar-refractivity contribution in [1.82, 2.24) is 0 Å². The highest BCUT2D eigenvalue weighted by atomic mass is 14.2. The molecule has 88 valence electrons. The molecule has 18 heavy (non-hydrogen) atoms. The van der Waals surface area contributed by atoms with E-state index >= 15 is 0 Å². The van der Waals surface area contributed by atoms with Gasteiger partial charge in [0.1, 0.15) is 0 Å². The first kappa shape index (κ1) is 11.0. The third-order valence-corrected chi connectivity index (χ3v) is 3.35. The van der Waals surface area contributed by atoms with Gasteiger partial charge in [-0.3, -0.25) is 0 Å². The Morgan fingerprint density at radius 1 is 1.11 bits per heavy atom. The number of benzene rings is 2. The van der Waals surface area contributed by atoms with Crippen LogP contribution in [-0.4, -0.2) is 0 Å². The highest BCUT2D eigenvalue weighted by Gasteiger charge is 2.15. The molecule has 0 N–H and O–H groups in total. The average Bonchev–Trinajstić information content (AvgIpc) is 3.14. The van der Waals surface area contributed by atoms with Crippen LogP contribution in [0.25, 0.3) is 11.6 Å². The van der Waals surface area contributed by atoms with Gasteiger partial charge in [0.05, 0.1) is 0 Å². The van der Waals surface area contributed by atoms with Crippen molar-refractivity contribution in [3.8, 4) is 0 Å². The van der Waals surface area contributed by atoms with Gasteiger partial charge >= 0.3 is 0 Å². The van der Waals surface area contributed by atoms with E-state index in [2.05, 4.69) is 68.1 Å². The fraction of sp³-hybridized carbons (Fsp3) is 0.111. The van der Waals surface area contributed by atoms with Gasteiger partial charge in [-0.1, -0.05) is 66.8 Å². The van der Waals surface area contributed by atoms with Crippen LogP contribution < -0.4 is 0 Å². The zero-order valence-electron chi connectivity index (χ0n) is 10.6. The molecule has 0 atom stereocenters. The van der Waals surface area contributed by atoms with Gasteiger partial charge in [0.2, 0.25) is 0 Å². The van der Waals surface area contributed by atoms with Crippen LogP contribution in [0.2, 0.25) is 0 Å². The minimum atomic E-state index is 1.08. The van der Waals surface area contributed by atoms with Crippen LogP contribution in [-0.2, 0) is 6.42 Å². The second-order valence-electron chi connectivity index (χ2n) is 4.93. The second kappa shape index (κ2) is 4.30. The lowest BCUT2D eigenvalue weighted by Crippen LogP contribution is -1.78. The summed E-state index contributed by atoms with van der Waals surface area (Å²) in [4.78, 5) is 0. The molecule has 0 amide bonds. The van der Waals surface area contributed by atoms with E-state index in [1.54, 1.807) is 0 Å². The molecule has 0 aromatic heterocycles. The molecule has 0 radical (unpaired) electrons. The Bertz CT molecular complexity index is 645. The van der Waals surface area contributed by atoms with Gasteiger partial charge < -0.3 is 0 Å². The van der Waals surface area contributed by atoms with Gasteiger partial charge in [-0.05, 0) is 41.2 Å². The summed E-state index contributed by atoms with van der Waals surface area (Å²) in [7, 11) is 0. The molecule has 0 saturated heterocycles. The summed E-state index contributed by atoms with van der Waals surface area (Å²) >= 11 is 0. The van der Waals surface area contributed by atoms with Crippen LogP contribution in [0, 0.1) is 6.92 Å². The van der Waals surface area contributed by atoms with E-state index < -0.39 is 0 Å². The van der Waals surface area contributed by atoms with Crippen molar-refractivity contribution in [3.63, 3.8) is 0 Å². The van der Waals surface area contributed by atoms with Gasteiger partial charge in [0, 0.05) is 0 Å². The predicted octanol–water partition coefficient (Wildman–Crippen LogP) is 4.63. The molecule has 1 aliphatic rings. The van der Waals surface area contributed by atoms with Crippen molar-refractivity contribution in [2.75, 3.05) is 0 Å². The molecule has 0 unspecified atom stereocenters. The maximum atomic E-state index is 4.14. The quantitative estimate of drug-likeness (QED) is 0.578. The van der Waals surface area contributed by atoms with E-state index in [1.807, 2.05) is 0 Å². The van der Waals surface area contributed by atoms with Crippen molar-refractivity contribution < 1.29 is 0 Å². The van der Waals surface area contributed by atoms with Crippen LogP contribution in [0.15, 0.2) is 55.1 Å². The number of aryl methyl sites for hydroxylation is 1. The van der Waals surface area contributed by atoms with Crippen LogP contribution in [0.3, 0.4) is 0 Å². The second-order valence-corrected chi connectivity index (χ2v) is 4.93. The largest absolute Gasteiger partial charge is 0.0912 e. The number of rotatable bonds is 3. The summed E-state index contributed by atoms with van der Waals surface area (Å²) in [6.07, 6.45) is 5.38. The summed E-state index contributed by atoms with van der Waals surface area (Å²) in [6.45, 7) is 6.25. The summed E-state index contributed by atoms with van der Waals surface area (Å²) in [5.41, 5.74) is 7.77. The first-order chi connectivity index (χ1) is 8.72. The van der Waals surface area contributed by atoms with E-state index in [0.29, 0.717) is 0 Å². The van der Waals surface area contributed by atoms with E-state index in [-0.39, 0.29) is 0 Å². The van der Waals surface area contributed by atoms with Gasteiger partial charge in [-0.25, -0.2) is 0 Å². The van der Waals surface area contributed by atoms with Gasteiger partial charge in [0.25, 0.3) is 0 Å². The number of fused-ring (bicyclic) bond motifs is 1. The smallest absolute Gasteiger partial charge is 0.00198 e. The number of hydrogen-bond acceptors (Lipinski definition) is 0. The monoisotopic (exact) mass is 232 g/mol. The van der Waals surface area contributed by atoms with Crippen molar-refractivity contribution in [2.45, 2.75) is 13.3 Å². The Morgan fingerprint density at radius 2 is 2.00 bits per heavy atom. The molecular formula is C18H16. The van der Waals surface area contributed by atoms with Crippen LogP contribution in [0.4, 0.5) is 0 Å². The van der Waals surface area contributed by atoms with E-state index in [4.69, 9.17) is 0 Å². The lowest BCUT2D eigenvalue weighted by atomic mass is 10.1. The molecule has 0 bridgehead atoms. The predicted molar refractivity (Wildman–Crippen MR) is 78.5 cm³/mol. The first-order valence-electron chi connectivity index (χ1n) is 6.28. The Balaban J connectivity index is 1.78. The van der Waals surface area contributed by atoms with Crippen molar-refractivity contribution in [3.05, 3.63) is 82.9 Å². The minimum Gasteiger partial charge on any atom is -0.0912 e. The zero-order valence-corrected chi connectivity index (χ0v) is 10.6. The summed E-state index contributed by atoms with van der Waals surface area (Å²) in [6, 6.07) is 15.1. The summed E-state index contributed by atoms with van der Waals surface area (Å²) < 4.78 is 0. The molecule has 0 aliphatic heterocycles. The molecule has 3 rings (SSSR count). The Morgan fingerprint density at radius 3 is 2.78 bits per heavy atom. The molecule has 1 aliphatic carbocycles. The van der Waals surface area contributed by atoms with E-state index in [1.165, 1.54) is 27.8 Å². The van der Waals surface area contributed by atoms with Crippen molar-refractivity contribution in [2.24, 2.45) is 0 Å². The fourth-order valence-electron chi connectivity index (χ4n) is 2.16. The normalized spacial score (nSPS) is 12.5. The molecule has 0 fully saturated rings. The lowest BCUT2D eigenvalue weighted by Gasteiger charge is -2.00. The SMILES string of the molecule is C=C(/C=C/c1cccc(C)c1)c1ccc2c(c1)C2. The molecular weight excluding hydrogens is 216 g/mol. The fourth-order valence-corrected chi connectivity index (χ4v) is 2.16. The van der Waals surface area contributed by atoms with E-state index in [0.717, 1.165) is 12.0 Å². The molecule has 0 nitrogen and oxygen atoms in total. The maximum absolute atomic E-state index is 4.14. The van der Waals surface area contributed by atoms with Gasteiger partial charge in [-0.15, -0.1) is 0 Å². The Labute approximate surface area is 108 Å². The molecule has 2 aromatic rings. The first-order valence-corrected chi connectivity index (χ1v) is 6.28. The molecule has 0 heteroatoms. The molecule has 0 heterocycles. The van der Waals surface area contributed by atoms with Crippen molar-refractivity contribution in [1.29, 1.82) is 0 Å².